The van der Waals surface area contributed by atoms with Crippen LogP contribution in [0, 0.1) is 11.8 Å². The van der Waals surface area contributed by atoms with Crippen molar-refractivity contribution in [3.8, 4) is 0 Å². The molecule has 2 nitrogen and oxygen atoms in total. The minimum absolute atomic E-state index is 0.00731. The van der Waals surface area contributed by atoms with E-state index in [0.717, 1.165) is 19.3 Å². The Balaban J connectivity index is 2.16. The molecule has 2 heteroatoms. The van der Waals surface area contributed by atoms with Crippen molar-refractivity contribution < 1.29 is 12.6 Å². The van der Waals surface area contributed by atoms with Gasteiger partial charge in [0.1, 0.15) is 0 Å². The first-order valence-electron chi connectivity index (χ1n) is 6.72. The summed E-state index contributed by atoms with van der Waals surface area (Å²) in [5.41, 5.74) is 0. The SMILES string of the molecule is [2H]C1([2H])C(CCCCCCC)C1CC(=O)O. The van der Waals surface area contributed by atoms with Crippen molar-refractivity contribution in [1.29, 1.82) is 0 Å². The molecule has 1 aliphatic rings. The number of carboxylic acids is 1. The summed E-state index contributed by atoms with van der Waals surface area (Å²) in [6.07, 6.45) is 5.50. The molecule has 1 fully saturated rings. The van der Waals surface area contributed by atoms with Gasteiger partial charge in [-0.05, 0) is 18.2 Å². The molecule has 2 unspecified atom stereocenters. The number of rotatable bonds is 8. The summed E-state index contributed by atoms with van der Waals surface area (Å²) < 4.78 is 15.4. The first kappa shape index (κ1) is 8.75. The minimum atomic E-state index is -1.22. The average molecular weight is 200 g/mol. The van der Waals surface area contributed by atoms with E-state index in [2.05, 4.69) is 6.92 Å². The van der Waals surface area contributed by atoms with E-state index >= 15 is 0 Å². The number of aliphatic carboxylic acids is 1. The maximum absolute atomic E-state index is 10.5. The van der Waals surface area contributed by atoms with Crippen molar-refractivity contribution in [2.24, 2.45) is 11.8 Å². The fourth-order valence-electron chi connectivity index (χ4n) is 1.86. The summed E-state index contributed by atoms with van der Waals surface area (Å²) in [6, 6.07) is 0. The second-order valence-corrected chi connectivity index (χ2v) is 4.18. The summed E-state index contributed by atoms with van der Waals surface area (Å²) in [5, 5.41) is 8.65. The fourth-order valence-corrected chi connectivity index (χ4v) is 1.86. The van der Waals surface area contributed by atoms with Crippen molar-refractivity contribution in [1.82, 2.24) is 0 Å². The molecule has 0 aliphatic heterocycles. The topological polar surface area (TPSA) is 37.3 Å². The van der Waals surface area contributed by atoms with Crippen LogP contribution < -0.4 is 0 Å². The van der Waals surface area contributed by atoms with Crippen LogP contribution in [0.15, 0.2) is 0 Å². The molecule has 0 spiro atoms. The highest BCUT2D eigenvalue weighted by molar-refractivity contribution is 5.67. The van der Waals surface area contributed by atoms with E-state index in [1.807, 2.05) is 0 Å². The molecular weight excluding hydrogens is 176 g/mol. The van der Waals surface area contributed by atoms with E-state index in [-0.39, 0.29) is 18.3 Å². The first-order valence-corrected chi connectivity index (χ1v) is 5.72. The van der Waals surface area contributed by atoms with Crippen molar-refractivity contribution in [3.05, 3.63) is 0 Å². The monoisotopic (exact) mass is 200 g/mol. The van der Waals surface area contributed by atoms with Gasteiger partial charge in [0.2, 0.25) is 0 Å². The maximum atomic E-state index is 10.5. The Morgan fingerprint density at radius 2 is 2.07 bits per heavy atom. The number of carboxylic acid groups (broad SMARTS) is 1. The summed E-state index contributed by atoms with van der Waals surface area (Å²) in [6.45, 7) is 2.17. The molecule has 14 heavy (non-hydrogen) atoms. The standard InChI is InChI=1S/C12H22O2/c1-2-3-4-5-6-7-10-8-11(10)9-12(13)14/h10-11H,2-9H2,1H3,(H,13,14)/i8D2. The Kier molecular flexibility index (Phi) is 3.78. The van der Waals surface area contributed by atoms with E-state index < -0.39 is 12.3 Å². The van der Waals surface area contributed by atoms with Gasteiger partial charge in [-0.25, -0.2) is 0 Å². The van der Waals surface area contributed by atoms with Crippen LogP contribution in [-0.4, -0.2) is 11.1 Å². The maximum Gasteiger partial charge on any atom is 0.303 e. The predicted octanol–water partition coefficient (Wildman–Crippen LogP) is 3.46. The number of carbonyl (C=O) groups is 1. The lowest BCUT2D eigenvalue weighted by Crippen LogP contribution is -1.96. The van der Waals surface area contributed by atoms with E-state index in [1.165, 1.54) is 19.3 Å². The molecule has 2 atom stereocenters. The van der Waals surface area contributed by atoms with E-state index in [1.54, 1.807) is 0 Å². The van der Waals surface area contributed by atoms with Crippen molar-refractivity contribution in [3.63, 3.8) is 0 Å². The third-order valence-corrected chi connectivity index (χ3v) is 2.82. The summed E-state index contributed by atoms with van der Waals surface area (Å²) in [7, 11) is 0. The van der Waals surface area contributed by atoms with Crippen LogP contribution in [0.25, 0.3) is 0 Å². The highest BCUT2D eigenvalue weighted by Gasteiger charge is 2.37. The second-order valence-electron chi connectivity index (χ2n) is 4.18. The van der Waals surface area contributed by atoms with Crippen LogP contribution in [-0.2, 0) is 4.79 Å². The van der Waals surface area contributed by atoms with Crippen LogP contribution in [0.5, 0.6) is 0 Å². The van der Waals surface area contributed by atoms with Crippen LogP contribution in [0.4, 0.5) is 0 Å². The molecule has 1 aliphatic carbocycles. The summed E-state index contributed by atoms with van der Waals surface area (Å²) in [4.78, 5) is 10.5. The predicted molar refractivity (Wildman–Crippen MR) is 57.2 cm³/mol. The zero-order valence-corrected chi connectivity index (χ0v) is 8.96. The quantitative estimate of drug-likeness (QED) is 0.609. The van der Waals surface area contributed by atoms with Gasteiger partial charge >= 0.3 is 5.97 Å². The zero-order valence-electron chi connectivity index (χ0n) is 11.0. The van der Waals surface area contributed by atoms with Gasteiger partial charge < -0.3 is 5.11 Å². The summed E-state index contributed by atoms with van der Waals surface area (Å²) >= 11 is 0. The molecular formula is C12H22O2. The Bertz CT molecular complexity index is 241. The zero-order chi connectivity index (χ0) is 12.2. The average Bonchev–Trinajstić information content (AvgIpc) is 2.68. The molecule has 1 saturated carbocycles. The first-order chi connectivity index (χ1) is 7.50. The molecule has 1 N–H and O–H groups in total. The number of hydrogen-bond donors (Lipinski definition) is 1. The van der Waals surface area contributed by atoms with Crippen molar-refractivity contribution >= 4 is 5.97 Å². The molecule has 0 amide bonds. The highest BCUT2D eigenvalue weighted by atomic mass is 16.4. The molecule has 0 aromatic heterocycles. The Morgan fingerprint density at radius 1 is 1.36 bits per heavy atom. The van der Waals surface area contributed by atoms with Crippen LogP contribution in [0.3, 0.4) is 0 Å². The Labute approximate surface area is 89.5 Å². The Hall–Kier alpha value is -0.530. The lowest BCUT2D eigenvalue weighted by molar-refractivity contribution is -0.137. The minimum Gasteiger partial charge on any atom is -0.481 e. The highest BCUT2D eigenvalue weighted by Crippen LogP contribution is 2.44. The van der Waals surface area contributed by atoms with Gasteiger partial charge in [0.05, 0.1) is 0 Å². The van der Waals surface area contributed by atoms with E-state index in [9.17, 15) is 4.79 Å². The third-order valence-electron chi connectivity index (χ3n) is 2.82. The normalized spacial score (nSPS) is 30.6. The molecule has 82 valence electrons. The van der Waals surface area contributed by atoms with Gasteiger partial charge in [-0.2, -0.15) is 0 Å². The van der Waals surface area contributed by atoms with Crippen molar-refractivity contribution in [2.75, 3.05) is 0 Å². The fraction of sp³-hybridized carbons (Fsp3) is 0.917. The number of unbranched alkanes of at least 4 members (excludes halogenated alkanes) is 4. The van der Waals surface area contributed by atoms with Crippen LogP contribution in [0.1, 0.15) is 61.0 Å². The molecule has 0 heterocycles. The van der Waals surface area contributed by atoms with Gasteiger partial charge in [0.15, 0.2) is 0 Å². The van der Waals surface area contributed by atoms with Crippen LogP contribution in [0.2, 0.25) is 0 Å². The van der Waals surface area contributed by atoms with Gasteiger partial charge in [0, 0.05) is 9.16 Å². The molecule has 1 rings (SSSR count). The third kappa shape index (κ3) is 4.64. The molecule has 0 saturated heterocycles. The van der Waals surface area contributed by atoms with Gasteiger partial charge in [-0.3, -0.25) is 4.79 Å². The van der Waals surface area contributed by atoms with Crippen molar-refractivity contribution in [2.45, 2.75) is 58.2 Å². The number of hydrogen-bond acceptors (Lipinski definition) is 1. The van der Waals surface area contributed by atoms with Gasteiger partial charge in [-0.1, -0.05) is 45.4 Å². The van der Waals surface area contributed by atoms with Gasteiger partial charge in [-0.15, -0.1) is 0 Å². The largest absolute Gasteiger partial charge is 0.481 e. The lowest BCUT2D eigenvalue weighted by Gasteiger charge is -1.99. The molecule has 0 aromatic rings. The molecule has 0 radical (unpaired) electrons. The van der Waals surface area contributed by atoms with Gasteiger partial charge in [0.25, 0.3) is 0 Å². The van der Waals surface area contributed by atoms with E-state index in [4.69, 9.17) is 7.85 Å². The lowest BCUT2D eigenvalue weighted by atomic mass is 10.1. The van der Waals surface area contributed by atoms with Crippen LogP contribution >= 0.6 is 0 Å². The van der Waals surface area contributed by atoms with E-state index in [0.29, 0.717) is 0 Å². The molecule has 0 bridgehead atoms. The second kappa shape index (κ2) is 6.05. The molecule has 0 aromatic carbocycles. The summed E-state index contributed by atoms with van der Waals surface area (Å²) in [5.74, 6) is -1.12. The smallest absolute Gasteiger partial charge is 0.303 e. The Morgan fingerprint density at radius 3 is 2.71 bits per heavy atom.